The number of aryl methyl sites for hydroxylation is 1. The first-order valence-electron chi connectivity index (χ1n) is 7.73. The van der Waals surface area contributed by atoms with Crippen molar-refractivity contribution >= 4 is 0 Å². The van der Waals surface area contributed by atoms with Gasteiger partial charge in [0.15, 0.2) is 0 Å². The van der Waals surface area contributed by atoms with Crippen LogP contribution in [0.5, 0.6) is 0 Å². The highest BCUT2D eigenvalue weighted by Gasteiger charge is 2.22. The number of rotatable bonds is 4. The Morgan fingerprint density at radius 1 is 1.20 bits per heavy atom. The smallest absolute Gasteiger partial charge is 0.126 e. The Bertz CT molecular complexity index is 437. The first-order chi connectivity index (χ1) is 9.47. The zero-order valence-corrected chi connectivity index (χ0v) is 13.1. The van der Waals surface area contributed by atoms with Crippen molar-refractivity contribution in [1.82, 2.24) is 10.2 Å². The van der Waals surface area contributed by atoms with E-state index in [9.17, 15) is 4.39 Å². The molecule has 1 aromatic carbocycles. The van der Waals surface area contributed by atoms with Crippen LogP contribution in [0, 0.1) is 12.7 Å². The fraction of sp³-hybridized carbons (Fsp3) is 0.647. The van der Waals surface area contributed by atoms with E-state index >= 15 is 0 Å². The first kappa shape index (κ1) is 15.5. The quantitative estimate of drug-likeness (QED) is 0.904. The molecule has 0 saturated carbocycles. The summed E-state index contributed by atoms with van der Waals surface area (Å²) >= 11 is 0. The van der Waals surface area contributed by atoms with Crippen LogP contribution < -0.4 is 5.32 Å². The van der Waals surface area contributed by atoms with Crippen molar-refractivity contribution in [2.45, 2.75) is 58.7 Å². The molecule has 1 N–H and O–H groups in total. The third kappa shape index (κ3) is 3.80. The van der Waals surface area contributed by atoms with E-state index in [1.807, 2.05) is 12.1 Å². The summed E-state index contributed by atoms with van der Waals surface area (Å²) < 4.78 is 13.6. The van der Waals surface area contributed by atoms with Crippen LogP contribution in [0.4, 0.5) is 4.39 Å². The van der Waals surface area contributed by atoms with Crippen molar-refractivity contribution in [3.8, 4) is 0 Å². The van der Waals surface area contributed by atoms with Crippen LogP contribution >= 0.6 is 0 Å². The van der Waals surface area contributed by atoms with Crippen molar-refractivity contribution in [3.63, 3.8) is 0 Å². The van der Waals surface area contributed by atoms with E-state index in [0.717, 1.165) is 18.7 Å². The second kappa shape index (κ2) is 6.68. The minimum absolute atomic E-state index is 0.106. The number of benzene rings is 1. The summed E-state index contributed by atoms with van der Waals surface area (Å²) in [5, 5.41) is 3.65. The molecule has 2 nitrogen and oxygen atoms in total. The highest BCUT2D eigenvalue weighted by atomic mass is 19.1. The Labute approximate surface area is 122 Å². The van der Waals surface area contributed by atoms with E-state index in [-0.39, 0.29) is 11.9 Å². The number of nitrogens with one attached hydrogen (secondary N) is 1. The Morgan fingerprint density at radius 3 is 2.40 bits per heavy atom. The summed E-state index contributed by atoms with van der Waals surface area (Å²) in [6, 6.07) is 6.95. The van der Waals surface area contributed by atoms with Crippen LogP contribution in [-0.4, -0.2) is 30.1 Å². The van der Waals surface area contributed by atoms with Crippen molar-refractivity contribution in [2.75, 3.05) is 13.1 Å². The Kier molecular flexibility index (Phi) is 5.17. The lowest BCUT2D eigenvalue weighted by atomic mass is 10.00. The van der Waals surface area contributed by atoms with Gasteiger partial charge in [-0.2, -0.15) is 0 Å². The number of piperidine rings is 1. The van der Waals surface area contributed by atoms with Gasteiger partial charge in [0.25, 0.3) is 0 Å². The SMILES string of the molecule is Cc1ccc(C(C)NC2CCN(C(C)C)CC2)cc1F. The molecule has 0 spiro atoms. The van der Waals surface area contributed by atoms with Gasteiger partial charge in [-0.25, -0.2) is 4.39 Å². The standard InChI is InChI=1S/C17H27FN2/c1-12(2)20-9-7-16(8-10-20)19-14(4)15-6-5-13(3)17(18)11-15/h5-6,11-12,14,16,19H,7-10H2,1-4H3. The van der Waals surface area contributed by atoms with Gasteiger partial charge in [0, 0.05) is 18.1 Å². The summed E-state index contributed by atoms with van der Waals surface area (Å²) in [6.07, 6.45) is 2.35. The van der Waals surface area contributed by atoms with Crippen LogP contribution in [0.2, 0.25) is 0 Å². The maximum Gasteiger partial charge on any atom is 0.126 e. The molecule has 1 unspecified atom stereocenters. The van der Waals surface area contributed by atoms with Gasteiger partial charge in [-0.3, -0.25) is 0 Å². The third-order valence-electron chi connectivity index (χ3n) is 4.44. The molecule has 1 heterocycles. The fourth-order valence-electron chi connectivity index (χ4n) is 2.91. The molecule has 1 atom stereocenters. The second-order valence-electron chi connectivity index (χ2n) is 6.30. The van der Waals surface area contributed by atoms with Crippen molar-refractivity contribution in [2.24, 2.45) is 0 Å². The molecular formula is C17H27FN2. The molecule has 3 heteroatoms. The van der Waals surface area contributed by atoms with Gasteiger partial charge in [-0.1, -0.05) is 12.1 Å². The fourth-order valence-corrected chi connectivity index (χ4v) is 2.91. The van der Waals surface area contributed by atoms with E-state index in [1.165, 1.54) is 12.8 Å². The highest BCUT2D eigenvalue weighted by molar-refractivity contribution is 5.25. The van der Waals surface area contributed by atoms with Gasteiger partial charge in [-0.15, -0.1) is 0 Å². The average molecular weight is 278 g/mol. The first-order valence-corrected chi connectivity index (χ1v) is 7.73. The van der Waals surface area contributed by atoms with E-state index < -0.39 is 0 Å². The minimum atomic E-state index is -0.106. The molecule has 112 valence electrons. The molecule has 0 radical (unpaired) electrons. The van der Waals surface area contributed by atoms with Crippen molar-refractivity contribution in [3.05, 3.63) is 35.1 Å². The predicted octanol–water partition coefficient (Wildman–Crippen LogP) is 3.66. The maximum absolute atomic E-state index is 13.6. The number of likely N-dealkylation sites (tertiary alicyclic amines) is 1. The van der Waals surface area contributed by atoms with E-state index in [4.69, 9.17) is 0 Å². The Morgan fingerprint density at radius 2 is 1.85 bits per heavy atom. The number of hydrogen-bond donors (Lipinski definition) is 1. The average Bonchev–Trinajstić information content (AvgIpc) is 2.42. The third-order valence-corrected chi connectivity index (χ3v) is 4.44. The molecule has 0 bridgehead atoms. The van der Waals surface area contributed by atoms with Gasteiger partial charge in [0.1, 0.15) is 5.82 Å². The maximum atomic E-state index is 13.6. The van der Waals surface area contributed by atoms with Crippen LogP contribution in [0.25, 0.3) is 0 Å². The number of nitrogens with zero attached hydrogens (tertiary/aromatic N) is 1. The molecule has 0 aliphatic carbocycles. The lowest BCUT2D eigenvalue weighted by molar-refractivity contribution is 0.157. The van der Waals surface area contributed by atoms with Crippen LogP contribution in [0.15, 0.2) is 18.2 Å². The van der Waals surface area contributed by atoms with Crippen molar-refractivity contribution in [1.29, 1.82) is 0 Å². The number of hydrogen-bond acceptors (Lipinski definition) is 2. The summed E-state index contributed by atoms with van der Waals surface area (Å²) in [4.78, 5) is 2.52. The van der Waals surface area contributed by atoms with Gasteiger partial charge in [-0.05, 0) is 70.8 Å². The summed E-state index contributed by atoms with van der Waals surface area (Å²) in [6.45, 7) is 10.8. The lowest BCUT2D eigenvalue weighted by Crippen LogP contribution is -2.45. The molecule has 1 aliphatic heterocycles. The zero-order chi connectivity index (χ0) is 14.7. The van der Waals surface area contributed by atoms with Crippen LogP contribution in [0.1, 0.15) is 50.8 Å². The summed E-state index contributed by atoms with van der Waals surface area (Å²) in [7, 11) is 0. The van der Waals surface area contributed by atoms with Crippen LogP contribution in [0.3, 0.4) is 0 Å². The molecule has 2 rings (SSSR count). The largest absolute Gasteiger partial charge is 0.307 e. The Balaban J connectivity index is 1.89. The normalized spacial score (nSPS) is 19.5. The van der Waals surface area contributed by atoms with Crippen LogP contribution in [-0.2, 0) is 0 Å². The molecule has 1 aliphatic rings. The zero-order valence-electron chi connectivity index (χ0n) is 13.1. The van der Waals surface area contributed by atoms with Gasteiger partial charge in [0.2, 0.25) is 0 Å². The van der Waals surface area contributed by atoms with Gasteiger partial charge >= 0.3 is 0 Å². The van der Waals surface area contributed by atoms with Gasteiger partial charge < -0.3 is 10.2 Å². The molecule has 1 fully saturated rings. The molecular weight excluding hydrogens is 251 g/mol. The van der Waals surface area contributed by atoms with Crippen molar-refractivity contribution < 1.29 is 4.39 Å². The summed E-state index contributed by atoms with van der Waals surface area (Å²) in [5.41, 5.74) is 1.76. The predicted molar refractivity (Wildman–Crippen MR) is 82.4 cm³/mol. The van der Waals surface area contributed by atoms with E-state index in [0.29, 0.717) is 17.6 Å². The topological polar surface area (TPSA) is 15.3 Å². The molecule has 0 aromatic heterocycles. The monoisotopic (exact) mass is 278 g/mol. The second-order valence-corrected chi connectivity index (χ2v) is 6.30. The van der Waals surface area contributed by atoms with E-state index in [1.54, 1.807) is 13.0 Å². The molecule has 1 saturated heterocycles. The lowest BCUT2D eigenvalue weighted by Gasteiger charge is -2.36. The Hall–Kier alpha value is -0.930. The van der Waals surface area contributed by atoms with Gasteiger partial charge in [0.05, 0.1) is 0 Å². The minimum Gasteiger partial charge on any atom is -0.307 e. The van der Waals surface area contributed by atoms with E-state index in [2.05, 4.69) is 31.0 Å². The summed E-state index contributed by atoms with van der Waals surface area (Å²) in [5.74, 6) is -0.106. The molecule has 0 amide bonds. The number of halogens is 1. The molecule has 1 aromatic rings. The highest BCUT2D eigenvalue weighted by Crippen LogP contribution is 2.20. The molecule has 20 heavy (non-hydrogen) atoms.